The Kier molecular flexibility index (Phi) is 11.1. The molecule has 15 nitrogen and oxygen atoms in total. The lowest BCUT2D eigenvalue weighted by Crippen LogP contribution is -2.48. The Bertz CT molecular complexity index is 592. The van der Waals surface area contributed by atoms with Gasteiger partial charge in [-0.2, -0.15) is 8.42 Å². The van der Waals surface area contributed by atoms with Gasteiger partial charge >= 0.3 is 16.4 Å². The van der Waals surface area contributed by atoms with Crippen molar-refractivity contribution < 1.29 is 72.3 Å². The van der Waals surface area contributed by atoms with E-state index in [9.17, 15) is 23.1 Å². The fourth-order valence-electron chi connectivity index (χ4n) is 1.99. The molecule has 0 amide bonds. The molecule has 1 rings (SSSR count). The molecule has 16 heteroatoms. The van der Waals surface area contributed by atoms with Crippen LogP contribution in [0.5, 0.6) is 0 Å². The zero-order valence-corrected chi connectivity index (χ0v) is 14.8. The third kappa shape index (κ3) is 7.97. The van der Waals surface area contributed by atoms with Crippen molar-refractivity contribution in [2.24, 2.45) is 0 Å². The van der Waals surface area contributed by atoms with Crippen molar-refractivity contribution in [3.8, 4) is 0 Å². The highest BCUT2D eigenvalue weighted by Gasteiger charge is 2.46. The van der Waals surface area contributed by atoms with Gasteiger partial charge in [-0.15, -0.1) is 0 Å². The van der Waals surface area contributed by atoms with Crippen molar-refractivity contribution in [2.75, 3.05) is 13.2 Å². The number of aliphatic hydroxyl groups excluding tert-OH is 7. The smallest absolute Gasteiger partial charge is 0.397 e. The van der Waals surface area contributed by atoms with Crippen molar-refractivity contribution in [3.63, 3.8) is 0 Å². The Morgan fingerprint density at radius 3 is 1.93 bits per heavy atom. The molecule has 1 saturated heterocycles. The molecule has 166 valence electrons. The standard InChI is InChI=1S/C6H12O8S.C6H10O7/c7-1-3-5(9)6(4(2-8)13-3)14-15(10,11)12;7-1-2(8)3(9)4(10)5(11)6(12)13/h3-9H,1-2H2,(H,10,11,12);1-5,8-11H,(H,12,13)/t3-,4-,5-,6-;2-,3+,4-,5+/m10/s1. The number of carboxylic acids is 1. The molecule has 0 spiro atoms. The highest BCUT2D eigenvalue weighted by molar-refractivity contribution is 7.80. The maximum absolute atomic E-state index is 10.4. The van der Waals surface area contributed by atoms with Crippen LogP contribution in [0.25, 0.3) is 0 Å². The molecule has 0 unspecified atom stereocenters. The third-order valence-electron chi connectivity index (χ3n) is 3.44. The van der Waals surface area contributed by atoms with Crippen molar-refractivity contribution in [1.29, 1.82) is 0 Å². The monoisotopic (exact) mass is 438 g/mol. The van der Waals surface area contributed by atoms with Gasteiger partial charge in [-0.05, 0) is 0 Å². The lowest BCUT2D eigenvalue weighted by molar-refractivity contribution is -0.163. The summed E-state index contributed by atoms with van der Waals surface area (Å²) in [6.45, 7) is -1.16. The summed E-state index contributed by atoms with van der Waals surface area (Å²) in [6, 6.07) is 0. The Balaban J connectivity index is 0.000000528. The maximum atomic E-state index is 10.4. The van der Waals surface area contributed by atoms with E-state index in [1.165, 1.54) is 0 Å². The molecular weight excluding hydrogens is 416 g/mol. The van der Waals surface area contributed by atoms with E-state index in [1.54, 1.807) is 0 Å². The Labute approximate surface area is 157 Å². The second kappa shape index (κ2) is 11.6. The minimum Gasteiger partial charge on any atom is -0.479 e. The normalized spacial score (nSPS) is 29.1. The van der Waals surface area contributed by atoms with Crippen molar-refractivity contribution >= 4 is 22.7 Å². The third-order valence-corrected chi connectivity index (χ3v) is 3.91. The molecule has 1 aliphatic rings. The number of ether oxygens (including phenoxy) is 1. The van der Waals surface area contributed by atoms with Gasteiger partial charge in [0.15, 0.2) is 12.4 Å². The largest absolute Gasteiger partial charge is 0.479 e. The first-order valence-corrected chi connectivity index (χ1v) is 8.78. The van der Waals surface area contributed by atoms with Gasteiger partial charge in [0.25, 0.3) is 0 Å². The number of aliphatic carboxylic acids is 1. The van der Waals surface area contributed by atoms with Crippen LogP contribution in [-0.2, 0) is 28.9 Å². The van der Waals surface area contributed by atoms with Crippen LogP contribution in [0.3, 0.4) is 0 Å². The van der Waals surface area contributed by atoms with E-state index >= 15 is 0 Å². The zero-order chi connectivity index (χ0) is 22.2. The summed E-state index contributed by atoms with van der Waals surface area (Å²) in [6.07, 6.45) is -13.4. The minimum atomic E-state index is -4.75. The maximum Gasteiger partial charge on any atom is 0.397 e. The van der Waals surface area contributed by atoms with Gasteiger partial charge in [0.2, 0.25) is 0 Å². The molecule has 0 radical (unpaired) electrons. The van der Waals surface area contributed by atoms with Gasteiger partial charge in [0.05, 0.1) is 13.2 Å². The average molecular weight is 438 g/mol. The predicted molar refractivity (Wildman–Crippen MR) is 83.0 cm³/mol. The molecule has 1 heterocycles. The summed E-state index contributed by atoms with van der Waals surface area (Å²) in [5.41, 5.74) is 0. The first-order chi connectivity index (χ1) is 12.8. The molecular formula is C12H22O15S. The van der Waals surface area contributed by atoms with Crippen LogP contribution >= 0.6 is 0 Å². The van der Waals surface area contributed by atoms with E-state index in [-0.39, 0.29) is 6.29 Å². The van der Waals surface area contributed by atoms with E-state index < -0.39 is 78.4 Å². The van der Waals surface area contributed by atoms with Crippen LogP contribution in [0.2, 0.25) is 0 Å². The molecule has 0 bridgehead atoms. The van der Waals surface area contributed by atoms with Gasteiger partial charge in [-0.1, -0.05) is 0 Å². The van der Waals surface area contributed by atoms with E-state index in [0.717, 1.165) is 0 Å². The van der Waals surface area contributed by atoms with E-state index in [4.69, 9.17) is 45.0 Å². The Morgan fingerprint density at radius 1 is 1.07 bits per heavy atom. The predicted octanol–water partition coefficient (Wildman–Crippen LogP) is -6.00. The highest BCUT2D eigenvalue weighted by atomic mass is 32.3. The number of carbonyl (C=O) groups excluding carboxylic acids is 1. The number of carbonyl (C=O) groups is 2. The van der Waals surface area contributed by atoms with E-state index in [0.29, 0.717) is 0 Å². The van der Waals surface area contributed by atoms with Crippen LogP contribution in [0.15, 0.2) is 0 Å². The Morgan fingerprint density at radius 2 is 1.57 bits per heavy atom. The van der Waals surface area contributed by atoms with Gasteiger partial charge in [-0.3, -0.25) is 4.55 Å². The molecule has 1 aliphatic heterocycles. The van der Waals surface area contributed by atoms with Gasteiger partial charge in [0.1, 0.15) is 42.7 Å². The fraction of sp³-hybridized carbons (Fsp3) is 0.833. The molecule has 0 aromatic heterocycles. The van der Waals surface area contributed by atoms with Gasteiger partial charge < -0.3 is 50.4 Å². The van der Waals surface area contributed by atoms with Crippen LogP contribution < -0.4 is 0 Å². The lowest BCUT2D eigenvalue weighted by Gasteiger charge is -2.21. The lowest BCUT2D eigenvalue weighted by atomic mass is 10.0. The van der Waals surface area contributed by atoms with E-state index in [1.807, 2.05) is 0 Å². The summed E-state index contributed by atoms with van der Waals surface area (Å²) in [5.74, 6) is -1.76. The molecule has 0 aromatic carbocycles. The van der Waals surface area contributed by atoms with Crippen molar-refractivity contribution in [3.05, 3.63) is 0 Å². The summed E-state index contributed by atoms with van der Waals surface area (Å²) in [4.78, 5) is 20.0. The molecule has 0 aromatic rings. The summed E-state index contributed by atoms with van der Waals surface area (Å²) in [7, 11) is -4.75. The summed E-state index contributed by atoms with van der Waals surface area (Å²) in [5, 5.41) is 70.1. The average Bonchev–Trinajstić information content (AvgIpc) is 2.93. The zero-order valence-electron chi connectivity index (χ0n) is 14.0. The summed E-state index contributed by atoms with van der Waals surface area (Å²) >= 11 is 0. The topological polar surface area (TPSA) is 269 Å². The molecule has 0 saturated carbocycles. The van der Waals surface area contributed by atoms with Gasteiger partial charge in [0, 0.05) is 0 Å². The number of hydrogen-bond donors (Lipinski definition) is 9. The quantitative estimate of drug-likeness (QED) is 0.120. The first kappa shape index (κ1) is 26.7. The number of rotatable bonds is 9. The number of aliphatic hydroxyl groups is 7. The second-order valence-corrected chi connectivity index (χ2v) is 6.50. The fourth-order valence-corrected chi connectivity index (χ4v) is 2.51. The van der Waals surface area contributed by atoms with Crippen molar-refractivity contribution in [1.82, 2.24) is 0 Å². The first-order valence-electron chi connectivity index (χ1n) is 7.42. The number of hydrogen-bond acceptors (Lipinski definition) is 13. The number of carboxylic acid groups (broad SMARTS) is 1. The minimum absolute atomic E-state index is 0.0809. The highest BCUT2D eigenvalue weighted by Crippen LogP contribution is 2.24. The number of aldehydes is 1. The molecule has 9 N–H and O–H groups in total. The van der Waals surface area contributed by atoms with Crippen LogP contribution in [0, 0.1) is 0 Å². The van der Waals surface area contributed by atoms with E-state index in [2.05, 4.69) is 4.18 Å². The van der Waals surface area contributed by atoms with Crippen LogP contribution in [0.1, 0.15) is 0 Å². The Hall–Kier alpha value is -1.31. The molecule has 8 atom stereocenters. The van der Waals surface area contributed by atoms with Crippen LogP contribution in [0.4, 0.5) is 0 Å². The SMILES string of the molecule is O=C[C@H](O)[C@@H](O)[C@H](O)[C@@H](O)C(=O)O.O=S(=O)(O)O[C@H]1[C@H](O)[C@@H](CO)O[C@@H]1CO. The summed E-state index contributed by atoms with van der Waals surface area (Å²) < 4.78 is 38.2. The molecule has 28 heavy (non-hydrogen) atoms. The second-order valence-electron chi connectivity index (χ2n) is 5.45. The van der Waals surface area contributed by atoms with Crippen LogP contribution in [-0.4, -0.2) is 128 Å². The molecule has 0 aliphatic carbocycles. The van der Waals surface area contributed by atoms with Gasteiger partial charge in [-0.25, -0.2) is 8.98 Å². The van der Waals surface area contributed by atoms with Crippen molar-refractivity contribution in [2.45, 2.75) is 48.8 Å². The molecule has 1 fully saturated rings.